The van der Waals surface area contributed by atoms with E-state index >= 15 is 0 Å². The van der Waals surface area contributed by atoms with Gasteiger partial charge in [-0.05, 0) is 49.2 Å². The smallest absolute Gasteiger partial charge is 0.375 e. The van der Waals surface area contributed by atoms with E-state index in [-0.39, 0.29) is 5.82 Å². The standard InChI is InChI=1S/C17H14BrN3O2/c1-10-3-8-14(9-11(10)2)21-16(19-15(20-21)17(22)23)12-4-6-13(18)7-5-12/h3-9H,1-2H3,(H,22,23). The molecule has 0 amide bonds. The molecule has 3 rings (SSSR count). The van der Waals surface area contributed by atoms with Crippen molar-refractivity contribution in [3.8, 4) is 17.1 Å². The quantitative estimate of drug-likeness (QED) is 0.754. The third-order valence-corrected chi connectivity index (χ3v) is 4.16. The van der Waals surface area contributed by atoms with E-state index in [4.69, 9.17) is 0 Å². The van der Waals surface area contributed by atoms with Gasteiger partial charge in [-0.3, -0.25) is 0 Å². The van der Waals surface area contributed by atoms with Gasteiger partial charge in [0.2, 0.25) is 0 Å². The SMILES string of the molecule is Cc1ccc(-n2nc(C(=O)O)nc2-c2ccc(Br)cc2)cc1C. The van der Waals surface area contributed by atoms with Gasteiger partial charge in [-0.2, -0.15) is 0 Å². The van der Waals surface area contributed by atoms with Crippen LogP contribution in [0.3, 0.4) is 0 Å². The molecule has 0 radical (unpaired) electrons. The van der Waals surface area contributed by atoms with Crippen molar-refractivity contribution < 1.29 is 9.90 Å². The largest absolute Gasteiger partial charge is 0.475 e. The first-order chi connectivity index (χ1) is 11.0. The summed E-state index contributed by atoms with van der Waals surface area (Å²) in [6, 6.07) is 13.4. The molecular formula is C17H14BrN3O2. The minimum Gasteiger partial charge on any atom is -0.475 e. The van der Waals surface area contributed by atoms with Gasteiger partial charge in [0.1, 0.15) is 0 Å². The van der Waals surface area contributed by atoms with Crippen LogP contribution in [0.5, 0.6) is 0 Å². The lowest BCUT2D eigenvalue weighted by Gasteiger charge is -2.08. The van der Waals surface area contributed by atoms with Gasteiger partial charge < -0.3 is 5.11 Å². The van der Waals surface area contributed by atoms with Crippen LogP contribution < -0.4 is 0 Å². The summed E-state index contributed by atoms with van der Waals surface area (Å²) in [6.45, 7) is 4.03. The van der Waals surface area contributed by atoms with Gasteiger partial charge in [0.25, 0.3) is 5.82 Å². The van der Waals surface area contributed by atoms with E-state index < -0.39 is 5.97 Å². The van der Waals surface area contributed by atoms with Crippen molar-refractivity contribution in [3.63, 3.8) is 0 Å². The van der Waals surface area contributed by atoms with Gasteiger partial charge in [0.05, 0.1) is 5.69 Å². The highest BCUT2D eigenvalue weighted by molar-refractivity contribution is 9.10. The number of carboxylic acids is 1. The maximum atomic E-state index is 11.3. The van der Waals surface area contributed by atoms with E-state index in [1.54, 1.807) is 4.68 Å². The highest BCUT2D eigenvalue weighted by Gasteiger charge is 2.18. The third-order valence-electron chi connectivity index (χ3n) is 3.64. The molecule has 0 aliphatic carbocycles. The minimum atomic E-state index is -1.15. The van der Waals surface area contributed by atoms with Gasteiger partial charge in [-0.25, -0.2) is 14.5 Å². The van der Waals surface area contributed by atoms with Crippen molar-refractivity contribution in [1.29, 1.82) is 0 Å². The Morgan fingerprint density at radius 2 is 1.78 bits per heavy atom. The zero-order valence-electron chi connectivity index (χ0n) is 12.6. The normalized spacial score (nSPS) is 10.7. The first kappa shape index (κ1) is 15.4. The highest BCUT2D eigenvalue weighted by Crippen LogP contribution is 2.24. The lowest BCUT2D eigenvalue weighted by Crippen LogP contribution is -2.03. The number of aromatic carboxylic acids is 1. The summed E-state index contributed by atoms with van der Waals surface area (Å²) < 4.78 is 2.51. The van der Waals surface area contributed by atoms with Gasteiger partial charge >= 0.3 is 5.97 Å². The second kappa shape index (κ2) is 5.96. The summed E-state index contributed by atoms with van der Waals surface area (Å²) in [4.78, 5) is 15.4. The topological polar surface area (TPSA) is 68.0 Å². The Morgan fingerprint density at radius 3 is 2.39 bits per heavy atom. The number of aryl methyl sites for hydroxylation is 2. The number of carbonyl (C=O) groups is 1. The Balaban J connectivity index is 2.20. The van der Waals surface area contributed by atoms with Gasteiger partial charge in [-0.1, -0.05) is 34.1 Å². The third kappa shape index (κ3) is 3.03. The van der Waals surface area contributed by atoms with Crippen LogP contribution in [0.1, 0.15) is 21.7 Å². The summed E-state index contributed by atoms with van der Waals surface area (Å²) in [6.07, 6.45) is 0. The van der Waals surface area contributed by atoms with Crippen LogP contribution in [0.15, 0.2) is 46.9 Å². The fourth-order valence-corrected chi connectivity index (χ4v) is 2.49. The van der Waals surface area contributed by atoms with E-state index in [0.717, 1.165) is 26.9 Å². The van der Waals surface area contributed by atoms with Crippen LogP contribution >= 0.6 is 15.9 Å². The molecule has 0 atom stereocenters. The average molecular weight is 372 g/mol. The fourth-order valence-electron chi connectivity index (χ4n) is 2.23. The number of aromatic nitrogens is 3. The Hall–Kier alpha value is -2.47. The molecule has 0 saturated carbocycles. The van der Waals surface area contributed by atoms with E-state index in [9.17, 15) is 9.90 Å². The molecule has 0 aliphatic heterocycles. The monoisotopic (exact) mass is 371 g/mol. The number of carboxylic acid groups (broad SMARTS) is 1. The molecule has 1 aromatic heterocycles. The van der Waals surface area contributed by atoms with Crippen LogP contribution in [0.2, 0.25) is 0 Å². The maximum Gasteiger partial charge on any atom is 0.375 e. The molecule has 2 aromatic carbocycles. The molecule has 1 heterocycles. The summed E-state index contributed by atoms with van der Waals surface area (Å²) in [5.74, 6) is -0.870. The van der Waals surface area contributed by atoms with Crippen LogP contribution in [-0.2, 0) is 0 Å². The van der Waals surface area contributed by atoms with Crippen molar-refractivity contribution in [1.82, 2.24) is 14.8 Å². The van der Waals surface area contributed by atoms with Gasteiger partial charge in [0, 0.05) is 10.0 Å². The average Bonchev–Trinajstić information content (AvgIpc) is 2.96. The molecule has 5 nitrogen and oxygen atoms in total. The predicted octanol–water partition coefficient (Wildman–Crippen LogP) is 4.01. The number of halogens is 1. The molecule has 1 N–H and O–H groups in total. The lowest BCUT2D eigenvalue weighted by atomic mass is 10.1. The van der Waals surface area contributed by atoms with Crippen molar-refractivity contribution in [3.05, 3.63) is 63.9 Å². The zero-order chi connectivity index (χ0) is 16.6. The van der Waals surface area contributed by atoms with Crippen LogP contribution in [0.25, 0.3) is 17.1 Å². The molecule has 0 unspecified atom stereocenters. The number of benzene rings is 2. The Labute approximate surface area is 141 Å². The predicted molar refractivity (Wildman–Crippen MR) is 90.9 cm³/mol. The molecule has 0 bridgehead atoms. The van der Waals surface area contributed by atoms with Crippen LogP contribution in [0, 0.1) is 13.8 Å². The first-order valence-electron chi connectivity index (χ1n) is 6.99. The Kier molecular flexibility index (Phi) is 4.00. The number of hydrogen-bond acceptors (Lipinski definition) is 3. The molecule has 0 aliphatic rings. The van der Waals surface area contributed by atoms with E-state index in [1.807, 2.05) is 56.3 Å². The van der Waals surface area contributed by atoms with Crippen molar-refractivity contribution in [2.24, 2.45) is 0 Å². The van der Waals surface area contributed by atoms with E-state index in [0.29, 0.717) is 5.82 Å². The molecular weight excluding hydrogens is 358 g/mol. The number of hydrogen-bond donors (Lipinski definition) is 1. The zero-order valence-corrected chi connectivity index (χ0v) is 14.2. The summed E-state index contributed by atoms with van der Waals surface area (Å²) >= 11 is 3.39. The van der Waals surface area contributed by atoms with Gasteiger partial charge in [0.15, 0.2) is 5.82 Å². The lowest BCUT2D eigenvalue weighted by molar-refractivity contribution is 0.0683. The Morgan fingerprint density at radius 1 is 1.09 bits per heavy atom. The second-order valence-electron chi connectivity index (χ2n) is 5.25. The maximum absolute atomic E-state index is 11.3. The molecule has 0 spiro atoms. The van der Waals surface area contributed by atoms with Crippen LogP contribution in [-0.4, -0.2) is 25.8 Å². The van der Waals surface area contributed by atoms with Gasteiger partial charge in [-0.15, -0.1) is 5.10 Å². The minimum absolute atomic E-state index is 0.221. The number of nitrogens with zero attached hydrogens (tertiary/aromatic N) is 3. The highest BCUT2D eigenvalue weighted by atomic mass is 79.9. The first-order valence-corrected chi connectivity index (χ1v) is 7.79. The van der Waals surface area contributed by atoms with Crippen LogP contribution in [0.4, 0.5) is 0 Å². The molecule has 23 heavy (non-hydrogen) atoms. The molecule has 3 aromatic rings. The summed E-state index contributed by atoms with van der Waals surface area (Å²) in [5, 5.41) is 13.4. The fraction of sp³-hybridized carbons (Fsp3) is 0.118. The molecule has 116 valence electrons. The van der Waals surface area contributed by atoms with Crippen molar-refractivity contribution >= 4 is 21.9 Å². The van der Waals surface area contributed by atoms with E-state index in [2.05, 4.69) is 26.0 Å². The molecule has 0 saturated heterocycles. The molecule has 6 heteroatoms. The van der Waals surface area contributed by atoms with Crippen molar-refractivity contribution in [2.75, 3.05) is 0 Å². The summed E-state index contributed by atoms with van der Waals surface area (Å²) in [7, 11) is 0. The second-order valence-corrected chi connectivity index (χ2v) is 6.17. The Bertz CT molecular complexity index is 885. The summed E-state index contributed by atoms with van der Waals surface area (Å²) in [5.41, 5.74) is 3.85. The molecule has 0 fully saturated rings. The van der Waals surface area contributed by atoms with E-state index in [1.165, 1.54) is 0 Å². The number of rotatable bonds is 3. The van der Waals surface area contributed by atoms with Crippen molar-refractivity contribution in [2.45, 2.75) is 13.8 Å².